The highest BCUT2D eigenvalue weighted by Gasteiger charge is 2.18. The molecule has 0 bridgehead atoms. The third-order valence-corrected chi connectivity index (χ3v) is 9.62. The van der Waals surface area contributed by atoms with Crippen LogP contribution < -0.4 is 0 Å². The van der Waals surface area contributed by atoms with Crippen molar-refractivity contribution in [1.82, 2.24) is 0 Å². The standard InChI is InChI=1S/C48H30O/c1-2-12-31(13-3-1)32-24-26-34(27-25-32)45-39-18-6-8-20-41(39)46(42-21-9-7-19-40(42)45)36-16-10-15-35(30-36)38-22-11-23-43-44-29-28-33-14-4-5-17-37(33)47(44)49-48(38)43/h1-30H/i4D,5D,14D,17D,28D,29D. The van der Waals surface area contributed by atoms with Gasteiger partial charge in [0.05, 0.1) is 8.22 Å². The Labute approximate surface area is 292 Å². The van der Waals surface area contributed by atoms with Gasteiger partial charge in [0, 0.05) is 21.7 Å². The van der Waals surface area contributed by atoms with E-state index in [1.54, 1.807) is 0 Å². The maximum absolute atomic E-state index is 8.96. The van der Waals surface area contributed by atoms with Crippen LogP contribution in [-0.4, -0.2) is 0 Å². The zero-order chi connectivity index (χ0) is 37.5. The molecule has 10 rings (SSSR count). The molecule has 0 atom stereocenters. The monoisotopic (exact) mass is 628 g/mol. The fourth-order valence-corrected chi connectivity index (χ4v) is 7.40. The number of hydrogen-bond acceptors (Lipinski definition) is 1. The first kappa shape index (κ1) is 22.2. The van der Waals surface area contributed by atoms with Crippen LogP contribution in [0.15, 0.2) is 186 Å². The third kappa shape index (κ3) is 4.40. The van der Waals surface area contributed by atoms with Crippen LogP contribution in [0.5, 0.6) is 0 Å². The van der Waals surface area contributed by atoms with Crippen molar-refractivity contribution in [1.29, 1.82) is 0 Å². The number of rotatable bonds is 4. The molecule has 1 aromatic heterocycles. The Hall–Kier alpha value is -6.44. The second kappa shape index (κ2) is 11.1. The van der Waals surface area contributed by atoms with Crippen LogP contribution in [0.25, 0.3) is 98.8 Å². The third-order valence-electron chi connectivity index (χ3n) is 9.62. The van der Waals surface area contributed by atoms with Crippen LogP contribution in [0.1, 0.15) is 8.22 Å². The normalized spacial score (nSPS) is 13.4. The van der Waals surface area contributed by atoms with E-state index in [4.69, 9.17) is 12.6 Å². The number of hydrogen-bond donors (Lipinski definition) is 0. The van der Waals surface area contributed by atoms with Crippen LogP contribution in [0.4, 0.5) is 0 Å². The molecule has 0 saturated carbocycles. The van der Waals surface area contributed by atoms with Gasteiger partial charge in [-0.05, 0) is 78.0 Å². The zero-order valence-electron chi connectivity index (χ0n) is 32.3. The summed E-state index contributed by atoms with van der Waals surface area (Å²) in [5.41, 5.74) is 9.16. The Morgan fingerprint density at radius 1 is 0.347 bits per heavy atom. The molecule has 1 nitrogen and oxygen atoms in total. The second-order valence-electron chi connectivity index (χ2n) is 12.4. The predicted molar refractivity (Wildman–Crippen MR) is 208 cm³/mol. The molecule has 1 heteroatoms. The summed E-state index contributed by atoms with van der Waals surface area (Å²) in [6, 6.07) is 48.5. The van der Waals surface area contributed by atoms with Gasteiger partial charge in [-0.3, -0.25) is 0 Å². The molecule has 0 aliphatic carbocycles. The second-order valence-corrected chi connectivity index (χ2v) is 12.4. The molecule has 0 amide bonds. The molecule has 49 heavy (non-hydrogen) atoms. The van der Waals surface area contributed by atoms with Crippen molar-refractivity contribution in [3.05, 3.63) is 182 Å². The van der Waals surface area contributed by atoms with Gasteiger partial charge in [0.25, 0.3) is 0 Å². The molecule has 228 valence electrons. The summed E-state index contributed by atoms with van der Waals surface area (Å²) in [5.74, 6) is 0. The van der Waals surface area contributed by atoms with Crippen molar-refractivity contribution in [2.75, 3.05) is 0 Å². The summed E-state index contributed by atoms with van der Waals surface area (Å²) < 4.78 is 58.2. The van der Waals surface area contributed by atoms with Gasteiger partial charge in [0.15, 0.2) is 0 Å². The molecule has 0 spiro atoms. The fourth-order valence-electron chi connectivity index (χ4n) is 7.40. The largest absolute Gasteiger partial charge is 0.455 e. The summed E-state index contributed by atoms with van der Waals surface area (Å²) in [6.07, 6.45) is 0. The van der Waals surface area contributed by atoms with E-state index in [0.29, 0.717) is 16.4 Å². The minimum atomic E-state index is -0.438. The van der Waals surface area contributed by atoms with Crippen molar-refractivity contribution in [3.63, 3.8) is 0 Å². The summed E-state index contributed by atoms with van der Waals surface area (Å²) >= 11 is 0. The quantitative estimate of drug-likeness (QED) is 0.177. The molecule has 0 aliphatic heterocycles. The number of furan rings is 1. The molecular formula is C48H30O. The Kier molecular flexibility index (Phi) is 5.02. The Morgan fingerprint density at radius 2 is 0.898 bits per heavy atom. The minimum absolute atomic E-state index is 0.0135. The van der Waals surface area contributed by atoms with E-state index in [-0.39, 0.29) is 40.5 Å². The first-order valence-corrected chi connectivity index (χ1v) is 16.4. The van der Waals surface area contributed by atoms with Crippen molar-refractivity contribution >= 4 is 54.3 Å². The minimum Gasteiger partial charge on any atom is -0.455 e. The summed E-state index contributed by atoms with van der Waals surface area (Å²) in [5, 5.41) is 5.64. The van der Waals surface area contributed by atoms with Crippen LogP contribution in [0, 0.1) is 0 Å². The topological polar surface area (TPSA) is 13.1 Å². The Balaban J connectivity index is 1.19. The van der Waals surface area contributed by atoms with Gasteiger partial charge in [0.2, 0.25) is 0 Å². The first-order chi connectivity index (χ1) is 26.8. The molecule has 0 saturated heterocycles. The molecule has 0 fully saturated rings. The fraction of sp³-hybridized carbons (Fsp3) is 0. The molecule has 10 aromatic rings. The highest BCUT2D eigenvalue weighted by Crippen LogP contribution is 2.45. The highest BCUT2D eigenvalue weighted by molar-refractivity contribution is 6.22. The van der Waals surface area contributed by atoms with Gasteiger partial charge in [-0.1, -0.05) is 170 Å². The van der Waals surface area contributed by atoms with Gasteiger partial charge in [-0.2, -0.15) is 0 Å². The molecule has 0 radical (unpaired) electrons. The maximum atomic E-state index is 8.96. The number of benzene rings is 9. The average Bonchev–Trinajstić information content (AvgIpc) is 3.63. The lowest BCUT2D eigenvalue weighted by Gasteiger charge is -2.18. The van der Waals surface area contributed by atoms with E-state index in [9.17, 15) is 0 Å². The zero-order valence-corrected chi connectivity index (χ0v) is 26.3. The Bertz CT molecular complexity index is 3150. The Morgan fingerprint density at radius 3 is 1.63 bits per heavy atom. The summed E-state index contributed by atoms with van der Waals surface area (Å²) in [4.78, 5) is 0. The highest BCUT2D eigenvalue weighted by atomic mass is 16.3. The van der Waals surface area contributed by atoms with E-state index < -0.39 is 12.1 Å². The number of para-hydroxylation sites is 1. The van der Waals surface area contributed by atoms with Crippen molar-refractivity contribution in [2.45, 2.75) is 0 Å². The molecule has 0 aliphatic rings. The lowest BCUT2D eigenvalue weighted by atomic mass is 9.85. The van der Waals surface area contributed by atoms with E-state index >= 15 is 0 Å². The molecular weight excluding hydrogens is 593 g/mol. The van der Waals surface area contributed by atoms with Crippen LogP contribution in [0.3, 0.4) is 0 Å². The number of fused-ring (bicyclic) bond motifs is 7. The van der Waals surface area contributed by atoms with Gasteiger partial charge in [0.1, 0.15) is 11.2 Å². The lowest BCUT2D eigenvalue weighted by molar-refractivity contribution is 0.674. The lowest BCUT2D eigenvalue weighted by Crippen LogP contribution is -1.91. The van der Waals surface area contributed by atoms with Crippen LogP contribution >= 0.6 is 0 Å². The van der Waals surface area contributed by atoms with E-state index in [0.717, 1.165) is 49.4 Å². The van der Waals surface area contributed by atoms with Crippen molar-refractivity contribution in [2.24, 2.45) is 0 Å². The smallest absolute Gasteiger partial charge is 0.143 e. The van der Waals surface area contributed by atoms with Crippen LogP contribution in [0.2, 0.25) is 0 Å². The van der Waals surface area contributed by atoms with Crippen molar-refractivity contribution < 1.29 is 12.6 Å². The molecule has 9 aromatic carbocycles. The van der Waals surface area contributed by atoms with Gasteiger partial charge >= 0.3 is 0 Å². The van der Waals surface area contributed by atoms with Gasteiger partial charge in [-0.25, -0.2) is 0 Å². The van der Waals surface area contributed by atoms with Gasteiger partial charge < -0.3 is 4.42 Å². The van der Waals surface area contributed by atoms with E-state index in [2.05, 4.69) is 109 Å². The predicted octanol–water partition coefficient (Wildman–Crippen LogP) is 13.7. The van der Waals surface area contributed by atoms with Crippen LogP contribution in [-0.2, 0) is 0 Å². The molecule has 0 N–H and O–H groups in total. The van der Waals surface area contributed by atoms with Crippen molar-refractivity contribution in [3.8, 4) is 44.5 Å². The maximum Gasteiger partial charge on any atom is 0.143 e. The van der Waals surface area contributed by atoms with E-state index in [1.165, 1.54) is 16.7 Å². The average molecular weight is 629 g/mol. The summed E-state index contributed by atoms with van der Waals surface area (Å²) in [7, 11) is 0. The molecule has 0 unspecified atom stereocenters. The molecule has 1 heterocycles. The summed E-state index contributed by atoms with van der Waals surface area (Å²) in [6.45, 7) is 0. The first-order valence-electron chi connectivity index (χ1n) is 19.4. The van der Waals surface area contributed by atoms with E-state index in [1.807, 2.05) is 36.4 Å². The van der Waals surface area contributed by atoms with Gasteiger partial charge in [-0.15, -0.1) is 0 Å². The SMILES string of the molecule is [2H]c1c([2H])c([2H])c2c(c1[2H])c([2H])c([2H])c1c3cccc(-c4cccc(-c5c6ccccc6c(-c6ccc(-c7ccccc7)cc6)c6ccccc56)c4)c3oc21.